The molecule has 40 heavy (non-hydrogen) atoms. The Hall–Kier alpha value is -4.15. The van der Waals surface area contributed by atoms with Crippen molar-refractivity contribution in [2.45, 2.75) is 25.2 Å². The number of nitrogens with zero attached hydrogens (tertiary/aromatic N) is 3. The summed E-state index contributed by atoms with van der Waals surface area (Å²) in [6.07, 6.45) is 1.56. The second-order valence-corrected chi connectivity index (χ2v) is 9.84. The molecule has 3 aromatic carbocycles. The lowest BCUT2D eigenvalue weighted by Crippen LogP contribution is -2.03. The smallest absolute Gasteiger partial charge is 0.342 e. The first-order valence-corrected chi connectivity index (χ1v) is 13.4. The molecular weight excluding hydrogens is 554 g/mol. The Balaban J connectivity index is 1.59. The molecule has 1 aromatic heterocycles. The van der Waals surface area contributed by atoms with Crippen molar-refractivity contribution in [2.75, 3.05) is 21.3 Å². The summed E-state index contributed by atoms with van der Waals surface area (Å²) in [5.74, 6) is 1.69. The highest BCUT2D eigenvalue weighted by atomic mass is 35.5. The summed E-state index contributed by atoms with van der Waals surface area (Å²) in [6.45, 7) is 2.78. The number of hydrogen-bond acceptors (Lipinski definition) is 8. The van der Waals surface area contributed by atoms with Crippen LogP contribution < -0.4 is 18.9 Å². The van der Waals surface area contributed by atoms with Crippen molar-refractivity contribution >= 4 is 35.4 Å². The van der Waals surface area contributed by atoms with Gasteiger partial charge in [-0.2, -0.15) is 0 Å². The van der Waals surface area contributed by atoms with Gasteiger partial charge in [0.15, 0.2) is 22.5 Å². The van der Waals surface area contributed by atoms with Crippen LogP contribution in [-0.2, 0) is 17.9 Å². The average Bonchev–Trinajstić information content (AvgIpc) is 3.38. The monoisotopic (exact) mass is 581 g/mol. The van der Waals surface area contributed by atoms with Crippen LogP contribution in [0, 0.1) is 0 Å². The van der Waals surface area contributed by atoms with E-state index >= 15 is 0 Å². The molecule has 1 heterocycles. The van der Waals surface area contributed by atoms with E-state index in [1.54, 1.807) is 56.7 Å². The van der Waals surface area contributed by atoms with Crippen LogP contribution in [0.3, 0.4) is 0 Å². The fourth-order valence-corrected chi connectivity index (χ4v) is 4.83. The summed E-state index contributed by atoms with van der Waals surface area (Å²) in [5, 5.41) is 19.7. The zero-order valence-corrected chi connectivity index (χ0v) is 24.0. The van der Waals surface area contributed by atoms with E-state index in [9.17, 15) is 9.90 Å². The number of hydrogen-bond donors (Lipinski definition) is 1. The number of ether oxygens (including phenoxy) is 4. The summed E-state index contributed by atoms with van der Waals surface area (Å²) in [4.78, 5) is 12.3. The predicted octanol–water partition coefficient (Wildman–Crippen LogP) is 6.44. The molecule has 4 aromatic rings. The molecule has 1 N–H and O–H groups in total. The van der Waals surface area contributed by atoms with Gasteiger partial charge in [0.05, 0.1) is 21.3 Å². The van der Waals surface area contributed by atoms with Crippen molar-refractivity contribution in [1.82, 2.24) is 14.8 Å². The third kappa shape index (κ3) is 6.88. The molecule has 0 saturated carbocycles. The molecule has 0 saturated heterocycles. The van der Waals surface area contributed by atoms with Crippen molar-refractivity contribution in [2.24, 2.45) is 0 Å². The molecule has 0 atom stereocenters. The number of aromatic nitrogens is 3. The quantitative estimate of drug-likeness (QED) is 0.149. The standard InChI is InChI=1S/C29H28ClN3O6S/c1-5-33-27(20-14-22(36-2)16-23(15-20)37-3)31-32-29(33)40-26(28(34)35)13-19-8-11-24(25(12-19)38-4)39-17-18-6-9-21(30)10-7-18/h6-16H,5,17H2,1-4H3,(H,34,35)/b26-13-. The van der Waals surface area contributed by atoms with Crippen LogP contribution in [0.2, 0.25) is 5.02 Å². The lowest BCUT2D eigenvalue weighted by molar-refractivity contribution is -0.131. The zero-order valence-electron chi connectivity index (χ0n) is 22.4. The third-order valence-electron chi connectivity index (χ3n) is 5.85. The number of thioether (sulfide) groups is 1. The van der Waals surface area contributed by atoms with Gasteiger partial charge in [-0.05, 0) is 72.3 Å². The van der Waals surface area contributed by atoms with Crippen LogP contribution in [0.25, 0.3) is 17.5 Å². The van der Waals surface area contributed by atoms with E-state index in [0.29, 0.717) is 57.7 Å². The molecule has 0 aliphatic rings. The average molecular weight is 582 g/mol. The fourth-order valence-electron chi connectivity index (χ4n) is 3.82. The minimum atomic E-state index is -1.10. The van der Waals surface area contributed by atoms with Crippen LogP contribution in [0.1, 0.15) is 18.1 Å². The molecule has 0 radical (unpaired) electrons. The van der Waals surface area contributed by atoms with Gasteiger partial charge >= 0.3 is 5.97 Å². The van der Waals surface area contributed by atoms with Gasteiger partial charge < -0.3 is 28.6 Å². The van der Waals surface area contributed by atoms with Gasteiger partial charge in [-0.15, -0.1) is 10.2 Å². The lowest BCUT2D eigenvalue weighted by Gasteiger charge is -2.12. The van der Waals surface area contributed by atoms with Gasteiger partial charge in [-0.3, -0.25) is 0 Å². The molecule has 208 valence electrons. The highest BCUT2D eigenvalue weighted by Crippen LogP contribution is 2.35. The molecule has 11 heteroatoms. The Morgan fingerprint density at radius 2 is 1.65 bits per heavy atom. The molecule has 9 nitrogen and oxygen atoms in total. The number of halogens is 1. The first kappa shape index (κ1) is 28.8. The Kier molecular flexibility index (Phi) is 9.57. The minimum Gasteiger partial charge on any atom is -0.497 e. The van der Waals surface area contributed by atoms with Gasteiger partial charge in [0.2, 0.25) is 0 Å². The van der Waals surface area contributed by atoms with Gasteiger partial charge in [-0.25, -0.2) is 4.79 Å². The van der Waals surface area contributed by atoms with E-state index in [-0.39, 0.29) is 4.91 Å². The SMILES string of the molecule is CCn1c(S/C(=C\c2ccc(OCc3ccc(Cl)cc3)c(OC)c2)C(=O)O)nnc1-c1cc(OC)cc(OC)c1. The van der Waals surface area contributed by atoms with Crippen LogP contribution in [0.5, 0.6) is 23.0 Å². The number of carboxylic acids is 1. The van der Waals surface area contributed by atoms with Crippen LogP contribution in [-0.4, -0.2) is 47.2 Å². The Morgan fingerprint density at radius 1 is 0.950 bits per heavy atom. The zero-order chi connectivity index (χ0) is 28.6. The molecule has 0 fully saturated rings. The van der Waals surface area contributed by atoms with Gasteiger partial charge in [0.1, 0.15) is 23.0 Å². The van der Waals surface area contributed by atoms with E-state index in [0.717, 1.165) is 22.9 Å². The Morgan fingerprint density at radius 3 is 2.25 bits per heavy atom. The normalized spacial score (nSPS) is 11.3. The maximum Gasteiger partial charge on any atom is 0.342 e. The number of carbonyl (C=O) groups is 1. The predicted molar refractivity (Wildman–Crippen MR) is 154 cm³/mol. The summed E-state index contributed by atoms with van der Waals surface area (Å²) in [6, 6.07) is 18.0. The van der Waals surface area contributed by atoms with E-state index in [1.165, 1.54) is 7.11 Å². The molecule has 0 spiro atoms. The lowest BCUT2D eigenvalue weighted by atomic mass is 10.2. The van der Waals surface area contributed by atoms with E-state index < -0.39 is 5.97 Å². The molecule has 0 aliphatic heterocycles. The highest BCUT2D eigenvalue weighted by molar-refractivity contribution is 8.04. The first-order chi connectivity index (χ1) is 19.3. The maximum absolute atomic E-state index is 12.2. The fraction of sp³-hybridized carbons (Fsp3) is 0.207. The summed E-state index contributed by atoms with van der Waals surface area (Å²) >= 11 is 6.96. The molecule has 0 bridgehead atoms. The number of carboxylic acid groups (broad SMARTS) is 1. The topological polar surface area (TPSA) is 105 Å². The molecular formula is C29H28ClN3O6S. The summed E-state index contributed by atoms with van der Waals surface area (Å²) in [7, 11) is 4.67. The maximum atomic E-state index is 12.2. The van der Waals surface area contributed by atoms with Crippen LogP contribution in [0.4, 0.5) is 0 Å². The second kappa shape index (κ2) is 13.3. The van der Waals surface area contributed by atoms with Crippen LogP contribution >= 0.6 is 23.4 Å². The number of benzene rings is 3. The summed E-state index contributed by atoms with van der Waals surface area (Å²) < 4.78 is 24.0. The van der Waals surface area contributed by atoms with Crippen molar-refractivity contribution < 1.29 is 28.8 Å². The second-order valence-electron chi connectivity index (χ2n) is 8.39. The minimum absolute atomic E-state index is 0.0637. The molecule has 0 unspecified atom stereocenters. The van der Waals surface area contributed by atoms with Crippen molar-refractivity contribution in [1.29, 1.82) is 0 Å². The van der Waals surface area contributed by atoms with Crippen molar-refractivity contribution in [3.05, 3.63) is 81.7 Å². The van der Waals surface area contributed by atoms with Gasteiger partial charge in [0.25, 0.3) is 0 Å². The van der Waals surface area contributed by atoms with Gasteiger partial charge in [-0.1, -0.05) is 29.8 Å². The number of methoxy groups -OCH3 is 3. The highest BCUT2D eigenvalue weighted by Gasteiger charge is 2.19. The van der Waals surface area contributed by atoms with Crippen molar-refractivity contribution in [3.63, 3.8) is 0 Å². The van der Waals surface area contributed by atoms with Crippen molar-refractivity contribution in [3.8, 4) is 34.4 Å². The largest absolute Gasteiger partial charge is 0.497 e. The first-order valence-electron chi connectivity index (χ1n) is 12.2. The molecule has 0 amide bonds. The van der Waals surface area contributed by atoms with E-state index in [2.05, 4.69) is 10.2 Å². The Labute approximate surface area is 241 Å². The number of rotatable bonds is 12. The third-order valence-corrected chi connectivity index (χ3v) is 7.10. The van der Waals surface area contributed by atoms with E-state index in [1.807, 2.05) is 35.8 Å². The molecule has 4 rings (SSSR count). The van der Waals surface area contributed by atoms with Gasteiger partial charge in [0, 0.05) is 23.2 Å². The molecule has 0 aliphatic carbocycles. The summed E-state index contributed by atoms with van der Waals surface area (Å²) in [5.41, 5.74) is 2.31. The Bertz CT molecular complexity index is 1500. The van der Waals surface area contributed by atoms with Crippen LogP contribution in [0.15, 0.2) is 70.7 Å². The van der Waals surface area contributed by atoms with E-state index in [4.69, 9.17) is 30.5 Å². The number of aliphatic carboxylic acids is 1.